The molecular weight excluding hydrogens is 632 g/mol. The molecular formula is C40H60N4O6. The fourth-order valence-electron chi connectivity index (χ4n) is 7.01. The lowest BCUT2D eigenvalue weighted by Crippen LogP contribution is -2.31. The zero-order valence-electron chi connectivity index (χ0n) is 30.3. The van der Waals surface area contributed by atoms with Crippen LogP contribution >= 0.6 is 0 Å². The molecule has 0 spiro atoms. The molecule has 1 amide bonds. The van der Waals surface area contributed by atoms with Gasteiger partial charge >= 0.3 is 0 Å². The minimum Gasteiger partial charge on any atom is -0.459 e. The summed E-state index contributed by atoms with van der Waals surface area (Å²) in [6, 6.07) is 12.2. The smallest absolute Gasteiger partial charge is 0.287 e. The van der Waals surface area contributed by atoms with E-state index < -0.39 is 0 Å². The first-order valence-electron chi connectivity index (χ1n) is 19.4. The molecule has 4 heterocycles. The van der Waals surface area contributed by atoms with Crippen molar-refractivity contribution in [2.45, 2.75) is 147 Å². The van der Waals surface area contributed by atoms with E-state index in [2.05, 4.69) is 46.1 Å². The quantitative estimate of drug-likeness (QED) is 0.0989. The standard InChI is InChI=1S/C40H60N4O6/c1-32-23-28-48-39(32)40(45)41-24-9-2-3-10-25-46-26-11-7-17-34-19-13-21-36(49-34)29-44-30-37(42-43-44)38-22-14-20-35(50-38)18-8-12-27-47-31-33-15-5-4-6-16-33/h4-6,15-16,23,28,30,34-36,38H,2-3,7-14,17-22,24-27,29,31H2,1H3,(H,41,45)/t34-,35-,36-,38-/m0/s1. The lowest BCUT2D eigenvalue weighted by atomic mass is 9.99. The molecule has 2 aliphatic rings. The molecule has 10 nitrogen and oxygen atoms in total. The number of carbonyl (C=O) groups excluding carboxylic acids is 1. The number of benzene rings is 1. The van der Waals surface area contributed by atoms with Crippen LogP contribution in [0.3, 0.4) is 0 Å². The van der Waals surface area contributed by atoms with Crippen LogP contribution in [0, 0.1) is 6.92 Å². The molecule has 1 N–H and O–H groups in total. The fourth-order valence-corrected chi connectivity index (χ4v) is 7.01. The summed E-state index contributed by atoms with van der Waals surface area (Å²) in [7, 11) is 0. The molecule has 0 saturated carbocycles. The second-order valence-electron chi connectivity index (χ2n) is 14.1. The van der Waals surface area contributed by atoms with Gasteiger partial charge in [0.1, 0.15) is 11.8 Å². The van der Waals surface area contributed by atoms with Crippen LogP contribution in [-0.2, 0) is 32.1 Å². The van der Waals surface area contributed by atoms with Gasteiger partial charge in [-0.05, 0) is 108 Å². The minimum atomic E-state index is -0.128. The number of aromatic nitrogens is 3. The van der Waals surface area contributed by atoms with Crippen LogP contribution in [-0.4, -0.2) is 65.6 Å². The maximum Gasteiger partial charge on any atom is 0.287 e. The molecule has 1 aromatic carbocycles. The normalized spacial score (nSPS) is 21.0. The van der Waals surface area contributed by atoms with E-state index in [1.165, 1.54) is 18.4 Å². The first-order valence-corrected chi connectivity index (χ1v) is 19.4. The Bertz CT molecular complexity index is 1350. The summed E-state index contributed by atoms with van der Waals surface area (Å²) < 4.78 is 31.9. The maximum absolute atomic E-state index is 12.1. The van der Waals surface area contributed by atoms with Gasteiger partial charge in [0.05, 0.1) is 43.9 Å². The van der Waals surface area contributed by atoms with Crippen molar-refractivity contribution in [1.82, 2.24) is 20.3 Å². The largest absolute Gasteiger partial charge is 0.459 e. The highest BCUT2D eigenvalue weighted by Gasteiger charge is 2.27. The summed E-state index contributed by atoms with van der Waals surface area (Å²) in [4.78, 5) is 12.1. The van der Waals surface area contributed by atoms with Crippen LogP contribution in [0.15, 0.2) is 53.3 Å². The molecule has 2 fully saturated rings. The molecule has 2 aromatic heterocycles. The van der Waals surface area contributed by atoms with Gasteiger partial charge in [-0.25, -0.2) is 4.68 Å². The van der Waals surface area contributed by atoms with Crippen LogP contribution in [0.2, 0.25) is 0 Å². The molecule has 10 heteroatoms. The Morgan fingerprint density at radius 3 is 2.30 bits per heavy atom. The van der Waals surface area contributed by atoms with Crippen molar-refractivity contribution in [3.05, 3.63) is 71.4 Å². The van der Waals surface area contributed by atoms with E-state index in [9.17, 15) is 4.79 Å². The SMILES string of the molecule is Cc1ccoc1C(=O)NCCCCCCOCCCC[C@H]1CCC[C@@H](Cn2cc([C@@H]3CCC[C@H](CCCCOCc4ccccc4)O3)nn2)O1. The Morgan fingerprint density at radius 1 is 0.820 bits per heavy atom. The van der Waals surface area contributed by atoms with E-state index in [4.69, 9.17) is 23.4 Å². The number of amides is 1. The number of ether oxygens (including phenoxy) is 4. The molecule has 2 aliphatic heterocycles. The molecule has 5 rings (SSSR count). The molecule has 50 heavy (non-hydrogen) atoms. The fraction of sp³-hybridized carbons (Fsp3) is 0.675. The van der Waals surface area contributed by atoms with E-state index in [0.717, 1.165) is 128 Å². The second kappa shape index (κ2) is 22.0. The molecule has 2 saturated heterocycles. The minimum absolute atomic E-state index is 0.0380. The Morgan fingerprint density at radius 2 is 1.52 bits per heavy atom. The van der Waals surface area contributed by atoms with Crippen LogP contribution in [0.1, 0.15) is 136 Å². The van der Waals surface area contributed by atoms with Gasteiger partial charge in [0.2, 0.25) is 0 Å². The lowest BCUT2D eigenvalue weighted by molar-refractivity contribution is -0.0630. The van der Waals surface area contributed by atoms with Crippen molar-refractivity contribution < 1.29 is 28.2 Å². The summed E-state index contributed by atoms with van der Waals surface area (Å²) in [6.07, 6.45) is 21.9. The zero-order chi connectivity index (χ0) is 34.6. The van der Waals surface area contributed by atoms with Crippen LogP contribution in [0.5, 0.6) is 0 Å². The van der Waals surface area contributed by atoms with Gasteiger partial charge in [0.15, 0.2) is 5.76 Å². The van der Waals surface area contributed by atoms with Crippen LogP contribution in [0.25, 0.3) is 0 Å². The topological polar surface area (TPSA) is 110 Å². The molecule has 0 radical (unpaired) electrons. The summed E-state index contributed by atoms with van der Waals surface area (Å²) in [5.41, 5.74) is 3.05. The van der Waals surface area contributed by atoms with Gasteiger partial charge in [0, 0.05) is 31.9 Å². The van der Waals surface area contributed by atoms with Gasteiger partial charge in [-0.3, -0.25) is 4.79 Å². The number of nitrogens with zero attached hydrogens (tertiary/aromatic N) is 3. The van der Waals surface area contributed by atoms with E-state index in [0.29, 0.717) is 25.0 Å². The molecule has 4 atom stereocenters. The van der Waals surface area contributed by atoms with Gasteiger partial charge in [-0.1, -0.05) is 48.4 Å². The summed E-state index contributed by atoms with van der Waals surface area (Å²) in [5.74, 6) is 0.285. The number of rotatable bonds is 23. The van der Waals surface area contributed by atoms with Crippen LogP contribution < -0.4 is 5.32 Å². The predicted octanol–water partition coefficient (Wildman–Crippen LogP) is 8.29. The molecule has 0 bridgehead atoms. The molecule has 0 unspecified atom stereocenters. The van der Waals surface area contributed by atoms with Gasteiger partial charge in [-0.15, -0.1) is 5.10 Å². The average Bonchev–Trinajstić information content (AvgIpc) is 3.80. The van der Waals surface area contributed by atoms with Crippen molar-refractivity contribution in [2.24, 2.45) is 0 Å². The van der Waals surface area contributed by atoms with E-state index in [1.54, 1.807) is 12.3 Å². The lowest BCUT2D eigenvalue weighted by Gasteiger charge is -2.30. The number of hydrogen-bond acceptors (Lipinski definition) is 8. The Hall–Kier alpha value is -3.05. The monoisotopic (exact) mass is 692 g/mol. The molecule has 0 aliphatic carbocycles. The number of nitrogens with one attached hydrogen (secondary N) is 1. The van der Waals surface area contributed by atoms with E-state index in [-0.39, 0.29) is 24.2 Å². The van der Waals surface area contributed by atoms with Gasteiger partial charge in [-0.2, -0.15) is 0 Å². The number of hydrogen-bond donors (Lipinski definition) is 1. The van der Waals surface area contributed by atoms with Gasteiger partial charge in [0.25, 0.3) is 5.91 Å². The van der Waals surface area contributed by atoms with Gasteiger partial charge < -0.3 is 28.7 Å². The number of furan rings is 1. The predicted molar refractivity (Wildman–Crippen MR) is 193 cm³/mol. The van der Waals surface area contributed by atoms with Crippen molar-refractivity contribution in [1.29, 1.82) is 0 Å². The molecule has 276 valence electrons. The highest BCUT2D eigenvalue weighted by atomic mass is 16.5. The Labute approximate surface area is 299 Å². The van der Waals surface area contributed by atoms with Crippen molar-refractivity contribution in [3.8, 4) is 0 Å². The summed E-state index contributed by atoms with van der Waals surface area (Å²) >= 11 is 0. The Kier molecular flexibility index (Phi) is 16.8. The molecule has 3 aromatic rings. The summed E-state index contributed by atoms with van der Waals surface area (Å²) in [6.45, 7) is 6.39. The van der Waals surface area contributed by atoms with Crippen molar-refractivity contribution in [2.75, 3.05) is 26.4 Å². The first kappa shape index (κ1) is 38.2. The van der Waals surface area contributed by atoms with Crippen molar-refractivity contribution >= 4 is 5.91 Å². The van der Waals surface area contributed by atoms with E-state index >= 15 is 0 Å². The van der Waals surface area contributed by atoms with E-state index in [1.807, 2.05) is 17.7 Å². The highest BCUT2D eigenvalue weighted by molar-refractivity contribution is 5.92. The highest BCUT2D eigenvalue weighted by Crippen LogP contribution is 2.32. The summed E-state index contributed by atoms with van der Waals surface area (Å²) in [5, 5.41) is 11.9. The third kappa shape index (κ3) is 13.6. The second-order valence-corrected chi connectivity index (χ2v) is 14.1. The maximum atomic E-state index is 12.1. The number of unbranched alkanes of at least 4 members (excludes halogenated alkanes) is 5. The first-order chi connectivity index (χ1) is 24.6. The Balaban J connectivity index is 0.858. The zero-order valence-corrected chi connectivity index (χ0v) is 30.3. The number of carbonyl (C=O) groups is 1. The third-order valence-electron chi connectivity index (χ3n) is 9.87. The van der Waals surface area contributed by atoms with Crippen LogP contribution in [0.4, 0.5) is 0 Å². The average molecular weight is 693 g/mol. The van der Waals surface area contributed by atoms with Crippen molar-refractivity contribution in [3.63, 3.8) is 0 Å². The third-order valence-corrected chi connectivity index (χ3v) is 9.87. The number of aryl methyl sites for hydroxylation is 1.